The van der Waals surface area contributed by atoms with Gasteiger partial charge in [0.15, 0.2) is 6.61 Å². The zero-order chi connectivity index (χ0) is 22.3. The summed E-state index contributed by atoms with van der Waals surface area (Å²) in [7, 11) is -1.84. The van der Waals surface area contributed by atoms with Gasteiger partial charge in [0.25, 0.3) is 5.91 Å². The van der Waals surface area contributed by atoms with Crippen molar-refractivity contribution in [2.75, 3.05) is 50.5 Å². The second-order valence-corrected chi connectivity index (χ2v) is 9.51. The minimum Gasteiger partial charge on any atom is -0.484 e. The van der Waals surface area contributed by atoms with E-state index < -0.39 is 10.0 Å². The fraction of sp³-hybridized carbons (Fsp3) is 0.409. The SMILES string of the molecule is CN(c1ccc(OCC(=O)NCc2cccc(CN3CCOCC3)c2)cc1)S(C)(=O)=O. The van der Waals surface area contributed by atoms with Gasteiger partial charge >= 0.3 is 0 Å². The molecule has 0 spiro atoms. The molecule has 0 bridgehead atoms. The number of hydrogen-bond donors (Lipinski definition) is 1. The van der Waals surface area contributed by atoms with Crippen molar-refractivity contribution in [2.45, 2.75) is 13.1 Å². The lowest BCUT2D eigenvalue weighted by Gasteiger charge is -2.26. The highest BCUT2D eigenvalue weighted by atomic mass is 32.2. The Hall–Kier alpha value is -2.62. The number of amides is 1. The number of anilines is 1. The van der Waals surface area contributed by atoms with E-state index in [1.165, 1.54) is 16.9 Å². The fourth-order valence-corrected chi connectivity index (χ4v) is 3.70. The first-order chi connectivity index (χ1) is 14.8. The first kappa shape index (κ1) is 23.1. The zero-order valence-electron chi connectivity index (χ0n) is 17.9. The maximum absolute atomic E-state index is 12.2. The molecule has 1 amide bonds. The quantitative estimate of drug-likeness (QED) is 0.628. The van der Waals surface area contributed by atoms with Crippen molar-refractivity contribution in [1.82, 2.24) is 10.2 Å². The summed E-state index contributed by atoms with van der Waals surface area (Å²) in [6.45, 7) is 4.60. The molecule has 3 rings (SSSR count). The molecule has 8 nitrogen and oxygen atoms in total. The van der Waals surface area contributed by atoms with Crippen LogP contribution in [0.4, 0.5) is 5.69 Å². The highest BCUT2D eigenvalue weighted by Gasteiger charge is 2.12. The standard InChI is InChI=1S/C22H29N3O5S/c1-24(31(2,27)28)20-6-8-21(9-7-20)30-17-22(26)23-15-18-4-3-5-19(14-18)16-25-10-12-29-13-11-25/h3-9,14H,10-13,15-17H2,1-2H3,(H,23,26). The summed E-state index contributed by atoms with van der Waals surface area (Å²) < 4.78 is 35.2. The lowest BCUT2D eigenvalue weighted by molar-refractivity contribution is -0.123. The molecule has 0 aliphatic carbocycles. The van der Waals surface area contributed by atoms with Crippen molar-refractivity contribution in [3.63, 3.8) is 0 Å². The molecule has 1 saturated heterocycles. The molecule has 1 aliphatic heterocycles. The molecule has 168 valence electrons. The van der Waals surface area contributed by atoms with Gasteiger partial charge in [0.2, 0.25) is 10.0 Å². The third kappa shape index (κ3) is 7.23. The summed E-state index contributed by atoms with van der Waals surface area (Å²) in [6, 6.07) is 14.7. The van der Waals surface area contributed by atoms with E-state index in [1.807, 2.05) is 12.1 Å². The van der Waals surface area contributed by atoms with Crippen molar-refractivity contribution >= 4 is 21.6 Å². The monoisotopic (exact) mass is 447 g/mol. The molecule has 1 aliphatic rings. The van der Waals surface area contributed by atoms with Gasteiger partial charge in [0.05, 0.1) is 25.2 Å². The Labute approximate surface area is 183 Å². The van der Waals surface area contributed by atoms with E-state index in [-0.39, 0.29) is 12.5 Å². The van der Waals surface area contributed by atoms with Crippen LogP contribution in [0, 0.1) is 0 Å². The minimum atomic E-state index is -3.32. The number of ether oxygens (including phenoxy) is 2. The maximum Gasteiger partial charge on any atom is 0.258 e. The van der Waals surface area contributed by atoms with Gasteiger partial charge in [0, 0.05) is 33.2 Å². The Morgan fingerprint density at radius 2 is 1.81 bits per heavy atom. The molecule has 0 saturated carbocycles. The Morgan fingerprint density at radius 3 is 2.48 bits per heavy atom. The first-order valence-corrected chi connectivity index (χ1v) is 12.0. The third-order valence-corrected chi connectivity index (χ3v) is 6.26. The molecule has 0 unspecified atom stereocenters. The van der Waals surface area contributed by atoms with Gasteiger partial charge in [-0.2, -0.15) is 0 Å². The van der Waals surface area contributed by atoms with Crippen LogP contribution < -0.4 is 14.4 Å². The summed E-state index contributed by atoms with van der Waals surface area (Å²) in [4.78, 5) is 14.5. The Kier molecular flexibility index (Phi) is 7.89. The second-order valence-electron chi connectivity index (χ2n) is 7.50. The van der Waals surface area contributed by atoms with E-state index in [0.717, 1.165) is 44.7 Å². The molecule has 31 heavy (non-hydrogen) atoms. The molecule has 0 aromatic heterocycles. The maximum atomic E-state index is 12.2. The van der Waals surface area contributed by atoms with E-state index in [4.69, 9.17) is 9.47 Å². The van der Waals surface area contributed by atoms with Gasteiger partial charge < -0.3 is 14.8 Å². The van der Waals surface area contributed by atoms with Crippen LogP contribution in [0.15, 0.2) is 48.5 Å². The van der Waals surface area contributed by atoms with Crippen LogP contribution in [0.2, 0.25) is 0 Å². The molecule has 0 atom stereocenters. The largest absolute Gasteiger partial charge is 0.484 e. The number of carbonyl (C=O) groups is 1. The number of rotatable bonds is 9. The van der Waals surface area contributed by atoms with Crippen molar-refractivity contribution in [3.05, 3.63) is 59.7 Å². The normalized spacial score (nSPS) is 14.8. The molecule has 1 fully saturated rings. The Bertz CT molecular complexity index is 973. The molecule has 9 heteroatoms. The topological polar surface area (TPSA) is 88.2 Å². The lowest BCUT2D eigenvalue weighted by atomic mass is 10.1. The van der Waals surface area contributed by atoms with Gasteiger partial charge in [-0.05, 0) is 35.4 Å². The van der Waals surface area contributed by atoms with Crippen molar-refractivity contribution in [1.29, 1.82) is 0 Å². The lowest BCUT2D eigenvalue weighted by Crippen LogP contribution is -2.35. The van der Waals surface area contributed by atoms with Crippen LogP contribution in [-0.2, 0) is 32.6 Å². The molecule has 1 heterocycles. The predicted molar refractivity (Wildman–Crippen MR) is 120 cm³/mol. The van der Waals surface area contributed by atoms with E-state index in [1.54, 1.807) is 24.3 Å². The summed E-state index contributed by atoms with van der Waals surface area (Å²) in [5.41, 5.74) is 2.77. The number of hydrogen-bond acceptors (Lipinski definition) is 6. The van der Waals surface area contributed by atoms with Crippen molar-refractivity contribution in [2.24, 2.45) is 0 Å². The number of nitrogens with zero attached hydrogens (tertiary/aromatic N) is 2. The smallest absolute Gasteiger partial charge is 0.258 e. The van der Waals surface area contributed by atoms with Crippen LogP contribution in [0.3, 0.4) is 0 Å². The average Bonchev–Trinajstić information content (AvgIpc) is 2.76. The Morgan fingerprint density at radius 1 is 1.13 bits per heavy atom. The highest BCUT2D eigenvalue weighted by molar-refractivity contribution is 7.92. The molecule has 0 radical (unpaired) electrons. The van der Waals surface area contributed by atoms with Crippen LogP contribution in [0.1, 0.15) is 11.1 Å². The highest BCUT2D eigenvalue weighted by Crippen LogP contribution is 2.20. The number of carbonyl (C=O) groups excluding carboxylic acids is 1. The van der Waals surface area contributed by atoms with E-state index in [9.17, 15) is 13.2 Å². The van der Waals surface area contributed by atoms with E-state index in [2.05, 4.69) is 22.3 Å². The van der Waals surface area contributed by atoms with E-state index in [0.29, 0.717) is 18.0 Å². The van der Waals surface area contributed by atoms with Gasteiger partial charge in [-0.25, -0.2) is 8.42 Å². The van der Waals surface area contributed by atoms with Gasteiger partial charge in [0.1, 0.15) is 5.75 Å². The average molecular weight is 448 g/mol. The number of nitrogens with one attached hydrogen (secondary N) is 1. The van der Waals surface area contributed by atoms with Crippen LogP contribution in [0.5, 0.6) is 5.75 Å². The van der Waals surface area contributed by atoms with Gasteiger partial charge in [-0.15, -0.1) is 0 Å². The molecule has 2 aromatic carbocycles. The third-order valence-electron chi connectivity index (χ3n) is 5.06. The second kappa shape index (κ2) is 10.6. The molecular formula is C22H29N3O5S. The zero-order valence-corrected chi connectivity index (χ0v) is 18.7. The van der Waals surface area contributed by atoms with Crippen LogP contribution in [-0.4, -0.2) is 65.4 Å². The molecule has 2 aromatic rings. The molecular weight excluding hydrogens is 418 g/mol. The minimum absolute atomic E-state index is 0.116. The predicted octanol–water partition coefficient (Wildman–Crippen LogP) is 1.61. The number of morpholine rings is 1. The van der Waals surface area contributed by atoms with Crippen molar-refractivity contribution < 1.29 is 22.7 Å². The van der Waals surface area contributed by atoms with Crippen LogP contribution >= 0.6 is 0 Å². The fourth-order valence-electron chi connectivity index (χ4n) is 3.20. The first-order valence-electron chi connectivity index (χ1n) is 10.1. The molecule has 1 N–H and O–H groups in total. The summed E-state index contributed by atoms with van der Waals surface area (Å²) in [6.07, 6.45) is 1.14. The summed E-state index contributed by atoms with van der Waals surface area (Å²) >= 11 is 0. The van der Waals surface area contributed by atoms with Crippen molar-refractivity contribution in [3.8, 4) is 5.75 Å². The number of sulfonamides is 1. The van der Waals surface area contributed by atoms with Gasteiger partial charge in [-0.1, -0.05) is 24.3 Å². The summed E-state index contributed by atoms with van der Waals surface area (Å²) in [5.74, 6) is 0.268. The van der Waals surface area contributed by atoms with E-state index >= 15 is 0 Å². The van der Waals surface area contributed by atoms with Crippen LogP contribution in [0.25, 0.3) is 0 Å². The summed E-state index contributed by atoms with van der Waals surface area (Å²) in [5, 5.41) is 2.86. The Balaban J connectivity index is 1.44. The van der Waals surface area contributed by atoms with Gasteiger partial charge in [-0.3, -0.25) is 14.0 Å². The number of benzene rings is 2.